The number of likely N-dealkylation sites (tertiary alicyclic amines) is 1. The molecule has 8 nitrogen and oxygen atoms in total. The van der Waals surface area contributed by atoms with Gasteiger partial charge in [0.25, 0.3) is 5.91 Å². The van der Waals surface area contributed by atoms with Gasteiger partial charge in [-0.1, -0.05) is 6.07 Å². The van der Waals surface area contributed by atoms with E-state index < -0.39 is 15.1 Å². The minimum atomic E-state index is -3.48. The van der Waals surface area contributed by atoms with Gasteiger partial charge in [0.15, 0.2) is 14.9 Å². The van der Waals surface area contributed by atoms with Gasteiger partial charge in [-0.2, -0.15) is 0 Å². The van der Waals surface area contributed by atoms with Crippen LogP contribution in [0, 0.1) is 6.92 Å². The first kappa shape index (κ1) is 25.1. The van der Waals surface area contributed by atoms with E-state index in [2.05, 4.69) is 31.2 Å². The van der Waals surface area contributed by atoms with Crippen molar-refractivity contribution >= 4 is 32.3 Å². The Bertz CT molecular complexity index is 1550. The third-order valence-electron chi connectivity index (χ3n) is 6.85. The lowest BCUT2D eigenvalue weighted by atomic mass is 10.0. The molecule has 0 radical (unpaired) electrons. The van der Waals surface area contributed by atoms with Crippen molar-refractivity contribution in [3.8, 4) is 11.1 Å². The molecule has 3 aromatic heterocycles. The second kappa shape index (κ2) is 10.1. The molecule has 0 bridgehead atoms. The standard InChI is InChI=1S/C28H31N5O3S/c1-18(2)37(35,36)26-9-7-23(16-30-26)32-28(34)27-19(3)31-25-8-6-21(13-24(25)27)22-12-20(14-29-15-22)17-33-10-4-5-11-33/h6-9,12-16,18,31H,4-5,10-11,17H2,1-3H3,(H,32,34). The zero-order valence-electron chi connectivity index (χ0n) is 21.3. The van der Waals surface area contributed by atoms with Crippen LogP contribution in [0.15, 0.2) is 60.0 Å². The predicted octanol–water partition coefficient (Wildman–Crippen LogP) is 4.96. The van der Waals surface area contributed by atoms with Crippen molar-refractivity contribution in [1.29, 1.82) is 0 Å². The highest BCUT2D eigenvalue weighted by Crippen LogP contribution is 2.29. The maximum Gasteiger partial charge on any atom is 0.258 e. The summed E-state index contributed by atoms with van der Waals surface area (Å²) in [5, 5.41) is 3.09. The summed E-state index contributed by atoms with van der Waals surface area (Å²) in [5.74, 6) is -0.289. The van der Waals surface area contributed by atoms with Gasteiger partial charge in [0.2, 0.25) is 0 Å². The fourth-order valence-electron chi connectivity index (χ4n) is 4.79. The van der Waals surface area contributed by atoms with E-state index in [0.717, 1.165) is 47.4 Å². The van der Waals surface area contributed by atoms with Gasteiger partial charge in [-0.3, -0.25) is 14.7 Å². The number of amides is 1. The number of carbonyl (C=O) groups is 1. The predicted molar refractivity (Wildman–Crippen MR) is 145 cm³/mol. The summed E-state index contributed by atoms with van der Waals surface area (Å²) in [5.41, 5.74) is 5.75. The number of pyridine rings is 2. The number of anilines is 1. The van der Waals surface area contributed by atoms with Crippen molar-refractivity contribution in [2.24, 2.45) is 0 Å². The molecular formula is C28H31N5O3S. The molecule has 4 heterocycles. The molecule has 1 aliphatic rings. The van der Waals surface area contributed by atoms with Crippen molar-refractivity contribution < 1.29 is 13.2 Å². The van der Waals surface area contributed by atoms with E-state index in [9.17, 15) is 13.2 Å². The summed E-state index contributed by atoms with van der Waals surface area (Å²) in [6.45, 7) is 8.24. The molecule has 0 saturated carbocycles. The summed E-state index contributed by atoms with van der Waals surface area (Å²) < 4.78 is 24.7. The number of nitrogens with zero attached hydrogens (tertiary/aromatic N) is 3. The van der Waals surface area contributed by atoms with Crippen LogP contribution in [0.1, 0.15) is 48.3 Å². The maximum absolute atomic E-state index is 13.3. The van der Waals surface area contributed by atoms with E-state index in [4.69, 9.17) is 0 Å². The number of hydrogen-bond acceptors (Lipinski definition) is 6. The number of benzene rings is 1. The number of aromatic amines is 1. The Labute approximate surface area is 217 Å². The van der Waals surface area contributed by atoms with E-state index in [1.807, 2.05) is 37.5 Å². The fourth-order valence-corrected chi connectivity index (χ4v) is 5.73. The molecule has 4 aromatic rings. The number of rotatable bonds is 7. The minimum absolute atomic E-state index is 0.00557. The molecular weight excluding hydrogens is 486 g/mol. The highest BCUT2D eigenvalue weighted by molar-refractivity contribution is 7.91. The Morgan fingerprint density at radius 2 is 1.84 bits per heavy atom. The van der Waals surface area contributed by atoms with Gasteiger partial charge in [0.05, 0.1) is 22.7 Å². The Morgan fingerprint density at radius 1 is 1.05 bits per heavy atom. The average Bonchev–Trinajstić information content (AvgIpc) is 3.50. The number of aryl methyl sites for hydroxylation is 1. The van der Waals surface area contributed by atoms with E-state index in [-0.39, 0.29) is 10.9 Å². The molecule has 0 aliphatic carbocycles. The third kappa shape index (κ3) is 5.14. The topological polar surface area (TPSA) is 108 Å². The molecule has 2 N–H and O–H groups in total. The summed E-state index contributed by atoms with van der Waals surface area (Å²) >= 11 is 0. The molecule has 1 saturated heterocycles. The number of sulfone groups is 1. The third-order valence-corrected chi connectivity index (χ3v) is 8.92. The van der Waals surface area contributed by atoms with Gasteiger partial charge in [0, 0.05) is 41.1 Å². The Hall–Kier alpha value is -3.56. The van der Waals surface area contributed by atoms with Crippen LogP contribution in [0.25, 0.3) is 22.0 Å². The fraction of sp³-hybridized carbons (Fsp3) is 0.321. The zero-order valence-corrected chi connectivity index (χ0v) is 22.1. The van der Waals surface area contributed by atoms with Crippen LogP contribution in [0.4, 0.5) is 5.69 Å². The largest absolute Gasteiger partial charge is 0.358 e. The van der Waals surface area contributed by atoms with Crippen molar-refractivity contribution in [3.63, 3.8) is 0 Å². The van der Waals surface area contributed by atoms with Crippen LogP contribution in [0.5, 0.6) is 0 Å². The Kier molecular flexibility index (Phi) is 6.83. The highest BCUT2D eigenvalue weighted by atomic mass is 32.2. The van der Waals surface area contributed by atoms with Gasteiger partial charge in [-0.15, -0.1) is 0 Å². The number of carbonyl (C=O) groups excluding carboxylic acids is 1. The van der Waals surface area contributed by atoms with Crippen molar-refractivity contribution in [2.75, 3.05) is 18.4 Å². The SMILES string of the molecule is Cc1[nH]c2ccc(-c3cncc(CN4CCCC4)c3)cc2c1C(=O)Nc1ccc(S(=O)(=O)C(C)C)nc1. The van der Waals surface area contributed by atoms with E-state index in [1.165, 1.54) is 30.7 Å². The normalized spacial score (nSPS) is 14.5. The molecule has 5 rings (SSSR count). The quantitative estimate of drug-likeness (QED) is 0.359. The van der Waals surface area contributed by atoms with Gasteiger partial charge in [-0.25, -0.2) is 13.4 Å². The first-order valence-electron chi connectivity index (χ1n) is 12.5. The van der Waals surface area contributed by atoms with Crippen molar-refractivity contribution in [2.45, 2.75) is 50.4 Å². The lowest BCUT2D eigenvalue weighted by Crippen LogP contribution is -2.18. The number of nitrogens with one attached hydrogen (secondary N) is 2. The molecule has 1 aliphatic heterocycles. The molecule has 9 heteroatoms. The Morgan fingerprint density at radius 3 is 2.54 bits per heavy atom. The second-order valence-corrected chi connectivity index (χ2v) is 12.3. The molecule has 37 heavy (non-hydrogen) atoms. The monoisotopic (exact) mass is 517 g/mol. The van der Waals surface area contributed by atoms with Gasteiger partial charge in [0.1, 0.15) is 0 Å². The van der Waals surface area contributed by atoms with E-state index in [0.29, 0.717) is 11.3 Å². The molecule has 1 amide bonds. The lowest BCUT2D eigenvalue weighted by molar-refractivity contribution is 0.102. The first-order chi connectivity index (χ1) is 17.7. The summed E-state index contributed by atoms with van der Waals surface area (Å²) in [7, 11) is -3.48. The average molecular weight is 518 g/mol. The van der Waals surface area contributed by atoms with E-state index in [1.54, 1.807) is 19.9 Å². The molecule has 0 unspecified atom stereocenters. The zero-order chi connectivity index (χ0) is 26.2. The molecule has 192 valence electrons. The molecule has 1 fully saturated rings. The Balaban J connectivity index is 1.41. The summed E-state index contributed by atoms with van der Waals surface area (Å²) in [6, 6.07) is 11.2. The van der Waals surface area contributed by atoms with Gasteiger partial charge < -0.3 is 10.3 Å². The minimum Gasteiger partial charge on any atom is -0.358 e. The second-order valence-electron chi connectivity index (χ2n) is 9.88. The van der Waals surface area contributed by atoms with Gasteiger partial charge in [-0.05, 0) is 88.2 Å². The van der Waals surface area contributed by atoms with E-state index >= 15 is 0 Å². The maximum atomic E-state index is 13.3. The van der Waals surface area contributed by atoms with Crippen molar-refractivity contribution in [1.82, 2.24) is 19.9 Å². The van der Waals surface area contributed by atoms with Crippen LogP contribution in [0.2, 0.25) is 0 Å². The summed E-state index contributed by atoms with van der Waals surface area (Å²) in [4.78, 5) is 27.6. The van der Waals surface area contributed by atoms with Crippen LogP contribution in [-0.2, 0) is 16.4 Å². The van der Waals surface area contributed by atoms with Crippen LogP contribution in [0.3, 0.4) is 0 Å². The highest BCUT2D eigenvalue weighted by Gasteiger charge is 2.21. The molecule has 0 atom stereocenters. The number of fused-ring (bicyclic) bond motifs is 1. The van der Waals surface area contributed by atoms with Crippen LogP contribution >= 0.6 is 0 Å². The van der Waals surface area contributed by atoms with Gasteiger partial charge >= 0.3 is 0 Å². The van der Waals surface area contributed by atoms with Crippen LogP contribution < -0.4 is 5.32 Å². The lowest BCUT2D eigenvalue weighted by Gasteiger charge is -2.14. The summed E-state index contributed by atoms with van der Waals surface area (Å²) in [6.07, 6.45) is 7.65. The van der Waals surface area contributed by atoms with Crippen LogP contribution in [-0.4, -0.2) is 52.5 Å². The number of hydrogen-bond donors (Lipinski definition) is 2. The number of H-pyrrole nitrogens is 1. The molecule has 1 aromatic carbocycles. The molecule has 0 spiro atoms. The first-order valence-corrected chi connectivity index (χ1v) is 14.1. The number of aromatic nitrogens is 3. The smallest absolute Gasteiger partial charge is 0.258 e. The van der Waals surface area contributed by atoms with Crippen molar-refractivity contribution in [3.05, 3.63) is 71.8 Å².